The van der Waals surface area contributed by atoms with Crippen molar-refractivity contribution in [1.29, 1.82) is 0 Å². The van der Waals surface area contributed by atoms with Gasteiger partial charge in [-0.3, -0.25) is 4.90 Å². The third-order valence-electron chi connectivity index (χ3n) is 10.4. The molecule has 1 saturated heterocycles. The molecule has 53 heavy (non-hydrogen) atoms. The highest BCUT2D eigenvalue weighted by atomic mass is 79.9. The van der Waals surface area contributed by atoms with Crippen molar-refractivity contribution in [3.05, 3.63) is 67.9 Å². The number of benzene rings is 1. The number of cyclic esters (lactones) is 1. The van der Waals surface area contributed by atoms with Gasteiger partial charge in [0.15, 0.2) is 11.6 Å². The van der Waals surface area contributed by atoms with Crippen LogP contribution in [0.2, 0.25) is 0 Å². The summed E-state index contributed by atoms with van der Waals surface area (Å²) in [5.74, 6) is 2.11. The largest absolute Gasteiger partial charge is 0.439 e. The predicted molar refractivity (Wildman–Crippen MR) is 209 cm³/mol. The van der Waals surface area contributed by atoms with E-state index in [1.165, 1.54) is 56.3 Å². The van der Waals surface area contributed by atoms with Gasteiger partial charge in [-0.15, -0.1) is 11.6 Å². The second-order valence-electron chi connectivity index (χ2n) is 14.0. The van der Waals surface area contributed by atoms with Crippen LogP contribution in [0.25, 0.3) is 0 Å². The van der Waals surface area contributed by atoms with Crippen molar-refractivity contribution < 1.29 is 22.7 Å². The molecule has 0 unspecified atom stereocenters. The lowest BCUT2D eigenvalue weighted by Crippen LogP contribution is -2.39. The van der Waals surface area contributed by atoms with Gasteiger partial charge in [-0.2, -0.15) is 13.2 Å². The van der Waals surface area contributed by atoms with E-state index in [1.807, 2.05) is 0 Å². The van der Waals surface area contributed by atoms with Crippen molar-refractivity contribution >= 4 is 61.2 Å². The van der Waals surface area contributed by atoms with Crippen LogP contribution in [0.1, 0.15) is 119 Å². The highest BCUT2D eigenvalue weighted by molar-refractivity contribution is 9.10. The minimum absolute atomic E-state index is 0.152. The number of hydrogen-bond donors (Lipinski definition) is 0. The summed E-state index contributed by atoms with van der Waals surface area (Å²) in [6, 6.07) is 4.28. The lowest BCUT2D eigenvalue weighted by molar-refractivity contribution is -0.137. The molecule has 2 atom stereocenters. The number of carbonyl (C=O) groups excluding carboxylic acids is 1. The Morgan fingerprint density at radius 3 is 1.85 bits per heavy atom. The average molecular weight is 888 g/mol. The first-order valence-corrected chi connectivity index (χ1v) is 20.7. The topological polar surface area (TPSA) is 87.6 Å². The molecule has 3 heterocycles. The Bertz CT molecular complexity index is 1690. The van der Waals surface area contributed by atoms with E-state index in [4.69, 9.17) is 16.3 Å². The highest BCUT2D eigenvalue weighted by Crippen LogP contribution is 2.39. The molecule has 1 aromatic carbocycles. The van der Waals surface area contributed by atoms with Crippen molar-refractivity contribution in [3.63, 3.8) is 0 Å². The van der Waals surface area contributed by atoms with Crippen LogP contribution in [-0.4, -0.2) is 62.1 Å². The fraction of sp³-hybridized carbons (Fsp3) is 0.605. The van der Waals surface area contributed by atoms with Gasteiger partial charge in [-0.25, -0.2) is 24.7 Å². The van der Waals surface area contributed by atoms with Gasteiger partial charge < -0.3 is 14.5 Å². The standard InChI is InChI=1S/C25H30BrF3N4O2.C13H19BrClN3/c1-4-32(19-8-6-5-7-9-19)23-20(31-21(26)13-30-23)14-33-16(3)22(35-24(33)34)17-10-15(2)11-18(12-17)25(27,28)29;1-2-18(10-6-4-3-5-7-10)13-11(8-15)17-12(14)9-16-13/h10-13,16,19,22H,4-9,14H2,1-3H3;9-10H,2-8H2,1H3/t16-,22-;/m0./s1. The Morgan fingerprint density at radius 2 is 1.36 bits per heavy atom. The second kappa shape index (κ2) is 18.8. The molecule has 0 spiro atoms. The van der Waals surface area contributed by atoms with Gasteiger partial charge >= 0.3 is 12.3 Å². The average Bonchev–Trinajstić information content (AvgIpc) is 3.42. The molecule has 15 heteroatoms. The number of rotatable bonds is 10. The van der Waals surface area contributed by atoms with Gasteiger partial charge in [-0.05, 0) is 103 Å². The van der Waals surface area contributed by atoms with Gasteiger partial charge in [0, 0.05) is 25.2 Å². The Balaban J connectivity index is 0.000000252. The van der Waals surface area contributed by atoms with Gasteiger partial charge in [0.25, 0.3) is 0 Å². The molecule has 2 aliphatic carbocycles. The third-order valence-corrected chi connectivity index (χ3v) is 11.5. The van der Waals surface area contributed by atoms with Gasteiger partial charge in [0.2, 0.25) is 0 Å². The van der Waals surface area contributed by atoms with E-state index < -0.39 is 30.0 Å². The smallest absolute Gasteiger partial charge is 0.416 e. The zero-order valence-electron chi connectivity index (χ0n) is 30.8. The Morgan fingerprint density at radius 1 is 0.849 bits per heavy atom. The molecular weight excluding hydrogens is 839 g/mol. The Hall–Kier alpha value is -2.71. The lowest BCUT2D eigenvalue weighted by Gasteiger charge is -2.35. The van der Waals surface area contributed by atoms with Crippen molar-refractivity contribution in [2.45, 2.75) is 135 Å². The number of anilines is 2. The number of amides is 1. The molecule has 3 aromatic rings. The van der Waals surface area contributed by atoms with Crippen molar-refractivity contribution in [2.75, 3.05) is 22.9 Å². The number of aromatic nitrogens is 4. The Labute approximate surface area is 332 Å². The zero-order chi connectivity index (χ0) is 38.3. The minimum atomic E-state index is -4.48. The first-order valence-electron chi connectivity index (χ1n) is 18.6. The number of halogens is 6. The van der Waals surface area contributed by atoms with Crippen LogP contribution >= 0.6 is 43.5 Å². The van der Waals surface area contributed by atoms with Crippen molar-refractivity contribution in [3.8, 4) is 0 Å². The third kappa shape index (κ3) is 10.3. The number of aryl methyl sites for hydroxylation is 1. The highest BCUT2D eigenvalue weighted by Gasteiger charge is 2.42. The molecule has 0 radical (unpaired) electrons. The summed E-state index contributed by atoms with van der Waals surface area (Å²) in [6.45, 7) is 9.53. The van der Waals surface area contributed by atoms with Crippen LogP contribution in [0.15, 0.2) is 39.8 Å². The lowest BCUT2D eigenvalue weighted by atomic mass is 9.94. The van der Waals surface area contributed by atoms with Crippen LogP contribution in [0.3, 0.4) is 0 Å². The molecule has 3 fully saturated rings. The van der Waals surface area contributed by atoms with Crippen LogP contribution in [0, 0.1) is 6.92 Å². The minimum Gasteiger partial charge on any atom is -0.439 e. The summed E-state index contributed by atoms with van der Waals surface area (Å²) >= 11 is 12.7. The summed E-state index contributed by atoms with van der Waals surface area (Å²) in [5, 5.41) is 0. The normalized spacial score (nSPS) is 19.8. The molecule has 9 nitrogen and oxygen atoms in total. The molecule has 2 aromatic heterocycles. The first kappa shape index (κ1) is 41.5. The van der Waals surface area contributed by atoms with E-state index in [2.05, 4.69) is 75.4 Å². The van der Waals surface area contributed by atoms with E-state index in [0.717, 1.165) is 60.0 Å². The predicted octanol–water partition coefficient (Wildman–Crippen LogP) is 10.9. The molecule has 1 amide bonds. The van der Waals surface area contributed by atoms with E-state index in [-0.39, 0.29) is 6.54 Å². The molecule has 0 bridgehead atoms. The van der Waals surface area contributed by atoms with Crippen LogP contribution in [-0.2, 0) is 23.3 Å². The summed E-state index contributed by atoms with van der Waals surface area (Å²) in [7, 11) is 0. The number of nitrogens with zero attached hydrogens (tertiary/aromatic N) is 7. The quantitative estimate of drug-likeness (QED) is 0.186. The van der Waals surface area contributed by atoms with Gasteiger partial charge in [-0.1, -0.05) is 50.2 Å². The summed E-state index contributed by atoms with van der Waals surface area (Å²) < 4.78 is 47.0. The van der Waals surface area contributed by atoms with Crippen molar-refractivity contribution in [1.82, 2.24) is 24.8 Å². The number of alkyl halides is 4. The summed E-state index contributed by atoms with van der Waals surface area (Å²) in [4.78, 5) is 37.3. The number of hydrogen-bond acceptors (Lipinski definition) is 8. The molecule has 0 N–H and O–H groups in total. The monoisotopic (exact) mass is 885 g/mol. The first-order chi connectivity index (χ1) is 25.3. The second-order valence-corrected chi connectivity index (χ2v) is 15.9. The zero-order valence-corrected chi connectivity index (χ0v) is 34.7. The maximum atomic E-state index is 13.4. The fourth-order valence-corrected chi connectivity index (χ4v) is 8.69. The number of ether oxygens (including phenoxy) is 1. The molecule has 6 rings (SSSR count). The van der Waals surface area contributed by atoms with E-state index >= 15 is 0 Å². The molecular formula is C38H49Br2ClF3N7O2. The molecule has 1 aliphatic heterocycles. The summed E-state index contributed by atoms with van der Waals surface area (Å²) in [6.07, 6.45) is 9.83. The van der Waals surface area contributed by atoms with E-state index in [1.54, 1.807) is 32.3 Å². The van der Waals surface area contributed by atoms with Crippen LogP contribution in [0.5, 0.6) is 0 Å². The maximum Gasteiger partial charge on any atom is 0.416 e. The van der Waals surface area contributed by atoms with Crippen LogP contribution in [0.4, 0.5) is 29.6 Å². The van der Waals surface area contributed by atoms with Crippen molar-refractivity contribution in [2.24, 2.45) is 0 Å². The van der Waals surface area contributed by atoms with Gasteiger partial charge in [0.05, 0.1) is 42.1 Å². The van der Waals surface area contributed by atoms with Crippen LogP contribution < -0.4 is 9.80 Å². The Kier molecular flexibility index (Phi) is 14.7. The number of carbonyl (C=O) groups is 1. The van der Waals surface area contributed by atoms with E-state index in [0.29, 0.717) is 39.4 Å². The molecule has 290 valence electrons. The van der Waals surface area contributed by atoms with Gasteiger partial charge in [0.1, 0.15) is 21.0 Å². The molecule has 3 aliphatic rings. The molecule has 2 saturated carbocycles. The fourth-order valence-electron chi connectivity index (χ4n) is 7.88. The maximum absolute atomic E-state index is 13.4. The summed E-state index contributed by atoms with van der Waals surface area (Å²) in [5.41, 5.74) is 1.55. The van der Waals surface area contributed by atoms with E-state index in [9.17, 15) is 18.0 Å². The SMILES string of the molecule is CCN(c1ncc(Br)nc1CCl)C1CCCCC1.CCN(c1ncc(Br)nc1CN1C(=O)O[C@H](c2cc(C)cc(C(F)(F)F)c2)[C@@H]1C)C1CCCCC1.